The minimum atomic E-state index is -0.509. The summed E-state index contributed by atoms with van der Waals surface area (Å²) in [5.74, 6) is 0.124. The van der Waals surface area contributed by atoms with Crippen molar-refractivity contribution in [2.75, 3.05) is 39.0 Å². The van der Waals surface area contributed by atoms with E-state index in [1.165, 1.54) is 18.2 Å². The van der Waals surface area contributed by atoms with Crippen molar-refractivity contribution in [2.45, 2.75) is 25.3 Å². The standard InChI is InChI=1S/C17H25N5O4/c1-20(2)16(23)15-8-4-10-21(15)11-5-9-18-17(24)19-13-6-3-7-14(12-13)22(25)26/h3,6-7,12,15H,4-5,8-11H2,1-2H3,(H2,18,19,24)/t15-/m0/s1. The molecule has 1 heterocycles. The zero-order valence-corrected chi connectivity index (χ0v) is 15.1. The topological polar surface area (TPSA) is 108 Å². The second kappa shape index (κ2) is 9.14. The summed E-state index contributed by atoms with van der Waals surface area (Å²) >= 11 is 0. The highest BCUT2D eigenvalue weighted by Crippen LogP contribution is 2.19. The third kappa shape index (κ3) is 5.41. The Morgan fingerprint density at radius 2 is 2.15 bits per heavy atom. The Kier molecular flexibility index (Phi) is 6.90. The van der Waals surface area contributed by atoms with Gasteiger partial charge in [0.2, 0.25) is 5.91 Å². The molecule has 1 aliphatic rings. The number of rotatable bonds is 7. The van der Waals surface area contributed by atoms with Crippen LogP contribution in [0.4, 0.5) is 16.2 Å². The smallest absolute Gasteiger partial charge is 0.319 e. The number of anilines is 1. The lowest BCUT2D eigenvalue weighted by atomic mass is 10.2. The summed E-state index contributed by atoms with van der Waals surface area (Å²) in [6.45, 7) is 2.09. The molecule has 1 aromatic rings. The highest BCUT2D eigenvalue weighted by Gasteiger charge is 2.30. The first kappa shape index (κ1) is 19.6. The molecule has 3 amide bonds. The first-order valence-electron chi connectivity index (χ1n) is 8.63. The first-order chi connectivity index (χ1) is 12.4. The molecule has 0 aliphatic carbocycles. The summed E-state index contributed by atoms with van der Waals surface area (Å²) < 4.78 is 0. The Morgan fingerprint density at radius 1 is 1.38 bits per heavy atom. The maximum atomic E-state index is 12.1. The van der Waals surface area contributed by atoms with E-state index < -0.39 is 11.0 Å². The molecule has 142 valence electrons. The fourth-order valence-corrected chi connectivity index (χ4v) is 3.03. The third-order valence-electron chi connectivity index (χ3n) is 4.31. The molecule has 2 rings (SSSR count). The molecular formula is C17H25N5O4. The van der Waals surface area contributed by atoms with Gasteiger partial charge in [-0.3, -0.25) is 19.8 Å². The van der Waals surface area contributed by atoms with Crippen LogP contribution < -0.4 is 10.6 Å². The number of nitro benzene ring substituents is 1. The van der Waals surface area contributed by atoms with Gasteiger partial charge in [-0.2, -0.15) is 0 Å². The molecule has 1 fully saturated rings. The predicted octanol–water partition coefficient (Wildman–Crippen LogP) is 1.66. The normalized spacial score (nSPS) is 16.9. The van der Waals surface area contributed by atoms with Gasteiger partial charge in [0.25, 0.3) is 5.69 Å². The molecular weight excluding hydrogens is 338 g/mol. The Labute approximate surface area is 152 Å². The Morgan fingerprint density at radius 3 is 2.85 bits per heavy atom. The van der Waals surface area contributed by atoms with E-state index in [4.69, 9.17) is 0 Å². The summed E-state index contributed by atoms with van der Waals surface area (Å²) in [4.78, 5) is 38.0. The monoisotopic (exact) mass is 363 g/mol. The van der Waals surface area contributed by atoms with Crippen molar-refractivity contribution in [2.24, 2.45) is 0 Å². The SMILES string of the molecule is CN(C)C(=O)[C@@H]1CCCN1CCCNC(=O)Nc1cccc([N+](=O)[O-])c1. The van der Waals surface area contributed by atoms with E-state index >= 15 is 0 Å². The van der Waals surface area contributed by atoms with Gasteiger partial charge in [-0.15, -0.1) is 0 Å². The highest BCUT2D eigenvalue weighted by molar-refractivity contribution is 5.89. The van der Waals surface area contributed by atoms with Gasteiger partial charge < -0.3 is 15.5 Å². The Hall–Kier alpha value is -2.68. The number of amides is 3. The lowest BCUT2D eigenvalue weighted by Crippen LogP contribution is -2.43. The maximum Gasteiger partial charge on any atom is 0.319 e. The summed E-state index contributed by atoms with van der Waals surface area (Å²) in [5, 5.41) is 16.0. The summed E-state index contributed by atoms with van der Waals surface area (Å²) in [7, 11) is 3.53. The molecule has 0 bridgehead atoms. The molecule has 0 saturated carbocycles. The van der Waals surface area contributed by atoms with Crippen LogP contribution in [0.3, 0.4) is 0 Å². The van der Waals surface area contributed by atoms with E-state index in [0.29, 0.717) is 12.2 Å². The van der Waals surface area contributed by atoms with Crippen LogP contribution in [0, 0.1) is 10.1 Å². The minimum absolute atomic E-state index is 0.0660. The second-order valence-corrected chi connectivity index (χ2v) is 6.47. The Bertz CT molecular complexity index is 664. The van der Waals surface area contributed by atoms with E-state index in [9.17, 15) is 19.7 Å². The fourth-order valence-electron chi connectivity index (χ4n) is 3.03. The van der Waals surface area contributed by atoms with Crippen molar-refractivity contribution in [3.63, 3.8) is 0 Å². The van der Waals surface area contributed by atoms with Crippen molar-refractivity contribution >= 4 is 23.3 Å². The number of likely N-dealkylation sites (N-methyl/N-ethyl adjacent to an activating group) is 1. The molecule has 0 radical (unpaired) electrons. The fraction of sp³-hybridized carbons (Fsp3) is 0.529. The van der Waals surface area contributed by atoms with Crippen LogP contribution in [0.25, 0.3) is 0 Å². The molecule has 26 heavy (non-hydrogen) atoms. The summed E-state index contributed by atoms with van der Waals surface area (Å²) in [5.41, 5.74) is 0.293. The molecule has 0 aromatic heterocycles. The van der Waals surface area contributed by atoms with Crippen molar-refractivity contribution in [3.8, 4) is 0 Å². The number of nitrogens with one attached hydrogen (secondary N) is 2. The summed E-state index contributed by atoms with van der Waals surface area (Å²) in [6.07, 6.45) is 2.60. The zero-order chi connectivity index (χ0) is 19.1. The van der Waals surface area contributed by atoms with Crippen LogP contribution in [0.5, 0.6) is 0 Å². The van der Waals surface area contributed by atoms with Crippen LogP contribution in [-0.2, 0) is 4.79 Å². The van der Waals surface area contributed by atoms with Gasteiger partial charge in [-0.05, 0) is 31.9 Å². The molecule has 0 unspecified atom stereocenters. The van der Waals surface area contributed by atoms with Gasteiger partial charge in [0.15, 0.2) is 0 Å². The number of carbonyl (C=O) groups is 2. The highest BCUT2D eigenvalue weighted by atomic mass is 16.6. The van der Waals surface area contributed by atoms with Gasteiger partial charge >= 0.3 is 6.03 Å². The van der Waals surface area contributed by atoms with E-state index in [1.54, 1.807) is 25.1 Å². The van der Waals surface area contributed by atoms with Gasteiger partial charge in [-0.1, -0.05) is 6.07 Å². The van der Waals surface area contributed by atoms with Gasteiger partial charge in [-0.25, -0.2) is 4.79 Å². The van der Waals surface area contributed by atoms with Crippen LogP contribution in [-0.4, -0.2) is 66.4 Å². The molecule has 9 heteroatoms. The number of carbonyl (C=O) groups excluding carboxylic acids is 2. The molecule has 0 spiro atoms. The molecule has 1 aliphatic heterocycles. The van der Waals surface area contributed by atoms with E-state index in [-0.39, 0.29) is 17.6 Å². The number of nitrogens with zero attached hydrogens (tertiary/aromatic N) is 3. The average molecular weight is 363 g/mol. The minimum Gasteiger partial charge on any atom is -0.347 e. The van der Waals surface area contributed by atoms with Gasteiger partial charge in [0.05, 0.1) is 11.0 Å². The number of benzene rings is 1. The predicted molar refractivity (Wildman–Crippen MR) is 98.0 cm³/mol. The van der Waals surface area contributed by atoms with Crippen molar-refractivity contribution in [1.82, 2.24) is 15.1 Å². The number of non-ortho nitro benzene ring substituents is 1. The zero-order valence-electron chi connectivity index (χ0n) is 15.1. The van der Waals surface area contributed by atoms with Crippen LogP contribution in [0.15, 0.2) is 24.3 Å². The van der Waals surface area contributed by atoms with Crippen LogP contribution >= 0.6 is 0 Å². The van der Waals surface area contributed by atoms with Gasteiger partial charge in [0, 0.05) is 45.0 Å². The van der Waals surface area contributed by atoms with Crippen molar-refractivity contribution in [3.05, 3.63) is 34.4 Å². The lowest BCUT2D eigenvalue weighted by Gasteiger charge is -2.26. The summed E-state index contributed by atoms with van der Waals surface area (Å²) in [6, 6.07) is 5.31. The largest absolute Gasteiger partial charge is 0.347 e. The quantitative estimate of drug-likeness (QED) is 0.435. The van der Waals surface area contributed by atoms with Crippen LogP contribution in [0.1, 0.15) is 19.3 Å². The number of hydrogen-bond acceptors (Lipinski definition) is 5. The molecule has 1 aromatic carbocycles. The Balaban J connectivity index is 1.72. The second-order valence-electron chi connectivity index (χ2n) is 6.47. The van der Waals surface area contributed by atoms with Crippen molar-refractivity contribution < 1.29 is 14.5 Å². The van der Waals surface area contributed by atoms with Crippen molar-refractivity contribution in [1.29, 1.82) is 0 Å². The first-order valence-corrected chi connectivity index (χ1v) is 8.63. The van der Waals surface area contributed by atoms with Gasteiger partial charge in [0.1, 0.15) is 0 Å². The molecule has 1 atom stereocenters. The number of likely N-dealkylation sites (tertiary alicyclic amines) is 1. The molecule has 2 N–H and O–H groups in total. The maximum absolute atomic E-state index is 12.1. The molecule has 1 saturated heterocycles. The van der Waals surface area contributed by atoms with E-state index in [2.05, 4.69) is 15.5 Å². The average Bonchev–Trinajstić information content (AvgIpc) is 3.06. The van der Waals surface area contributed by atoms with E-state index in [0.717, 1.165) is 32.4 Å². The number of urea groups is 1. The number of hydrogen-bond donors (Lipinski definition) is 2. The lowest BCUT2D eigenvalue weighted by molar-refractivity contribution is -0.384. The third-order valence-corrected chi connectivity index (χ3v) is 4.31. The van der Waals surface area contributed by atoms with Crippen LogP contribution in [0.2, 0.25) is 0 Å². The number of nitro groups is 1. The molecule has 9 nitrogen and oxygen atoms in total. The van der Waals surface area contributed by atoms with E-state index in [1.807, 2.05) is 0 Å².